The maximum atomic E-state index is 5.43. The molecule has 0 aliphatic rings. The number of rotatable bonds is 3. The third kappa shape index (κ3) is 1.76. The first-order chi connectivity index (χ1) is 6.40. The number of aromatic nitrogens is 3. The second kappa shape index (κ2) is 3.68. The Bertz CT molecular complexity index is 365. The van der Waals surface area contributed by atoms with Gasteiger partial charge >= 0.3 is 0 Å². The average molecular weight is 194 g/mol. The molecule has 68 valence electrons. The van der Waals surface area contributed by atoms with Crippen molar-refractivity contribution in [1.29, 1.82) is 0 Å². The molecular formula is C8H10N4S. The van der Waals surface area contributed by atoms with Crippen molar-refractivity contribution in [3.8, 4) is 10.7 Å². The number of hydrogen-bond donors (Lipinski definition) is 2. The highest BCUT2D eigenvalue weighted by atomic mass is 32.1. The Kier molecular flexibility index (Phi) is 2.37. The topological polar surface area (TPSA) is 67.6 Å². The summed E-state index contributed by atoms with van der Waals surface area (Å²) in [5, 5.41) is 9.96. The molecular weight excluding hydrogens is 184 g/mol. The van der Waals surface area contributed by atoms with Crippen molar-refractivity contribution in [3.63, 3.8) is 0 Å². The summed E-state index contributed by atoms with van der Waals surface area (Å²) in [5.74, 6) is 0. The fraction of sp³-hybridized carbons (Fsp3) is 0.250. The summed E-state index contributed by atoms with van der Waals surface area (Å²) < 4.78 is 0. The number of nitrogens with two attached hydrogens (primary N) is 1. The van der Waals surface area contributed by atoms with Crippen LogP contribution in [-0.2, 0) is 6.42 Å². The van der Waals surface area contributed by atoms with E-state index in [1.165, 1.54) is 0 Å². The van der Waals surface area contributed by atoms with Gasteiger partial charge in [-0.15, -0.1) is 11.3 Å². The van der Waals surface area contributed by atoms with Crippen LogP contribution in [0, 0.1) is 0 Å². The molecule has 3 N–H and O–H groups in total. The quantitative estimate of drug-likeness (QED) is 0.767. The third-order valence-corrected chi connectivity index (χ3v) is 2.49. The van der Waals surface area contributed by atoms with Crippen molar-refractivity contribution in [3.05, 3.63) is 23.3 Å². The molecule has 13 heavy (non-hydrogen) atoms. The molecule has 2 rings (SSSR count). The van der Waals surface area contributed by atoms with Crippen LogP contribution in [-0.4, -0.2) is 21.7 Å². The second-order valence-electron chi connectivity index (χ2n) is 2.65. The molecule has 0 amide bonds. The molecule has 0 bridgehead atoms. The minimum atomic E-state index is 0.638. The molecule has 2 aromatic rings. The molecule has 0 aromatic carbocycles. The first-order valence-electron chi connectivity index (χ1n) is 4.04. The molecule has 0 atom stereocenters. The number of aromatic amines is 1. The van der Waals surface area contributed by atoms with Gasteiger partial charge in [-0.25, -0.2) is 4.98 Å². The summed E-state index contributed by atoms with van der Waals surface area (Å²) in [4.78, 5) is 4.16. The van der Waals surface area contributed by atoms with Crippen LogP contribution in [0.15, 0.2) is 17.6 Å². The maximum absolute atomic E-state index is 5.43. The van der Waals surface area contributed by atoms with E-state index in [4.69, 9.17) is 5.73 Å². The molecule has 2 heterocycles. The zero-order valence-electron chi connectivity index (χ0n) is 7.03. The first-order valence-corrected chi connectivity index (χ1v) is 4.92. The van der Waals surface area contributed by atoms with Gasteiger partial charge in [-0.3, -0.25) is 5.10 Å². The van der Waals surface area contributed by atoms with Gasteiger partial charge in [0.2, 0.25) is 0 Å². The SMILES string of the molecule is NCCc1cc(-c2nccs2)n[nH]1. The van der Waals surface area contributed by atoms with Gasteiger partial charge in [0.15, 0.2) is 0 Å². The standard InChI is InChI=1S/C8H10N4S/c9-2-1-6-5-7(12-11-6)8-10-3-4-13-8/h3-5H,1-2,9H2,(H,11,12). The fourth-order valence-electron chi connectivity index (χ4n) is 1.10. The molecule has 5 heteroatoms. The van der Waals surface area contributed by atoms with Crippen LogP contribution in [0.4, 0.5) is 0 Å². The van der Waals surface area contributed by atoms with E-state index in [9.17, 15) is 0 Å². The van der Waals surface area contributed by atoms with Gasteiger partial charge in [0.25, 0.3) is 0 Å². The Morgan fingerprint density at radius 1 is 1.54 bits per heavy atom. The summed E-state index contributed by atoms with van der Waals surface area (Å²) >= 11 is 1.58. The van der Waals surface area contributed by atoms with E-state index in [-0.39, 0.29) is 0 Å². The van der Waals surface area contributed by atoms with E-state index >= 15 is 0 Å². The minimum absolute atomic E-state index is 0.638. The minimum Gasteiger partial charge on any atom is -0.330 e. The molecule has 0 saturated carbocycles. The largest absolute Gasteiger partial charge is 0.330 e. The van der Waals surface area contributed by atoms with E-state index in [2.05, 4.69) is 15.2 Å². The van der Waals surface area contributed by atoms with Crippen LogP contribution in [0.1, 0.15) is 5.69 Å². The van der Waals surface area contributed by atoms with Crippen molar-refractivity contribution in [2.24, 2.45) is 5.73 Å². The third-order valence-electron chi connectivity index (χ3n) is 1.70. The van der Waals surface area contributed by atoms with E-state index < -0.39 is 0 Å². The van der Waals surface area contributed by atoms with Gasteiger partial charge in [0, 0.05) is 23.7 Å². The van der Waals surface area contributed by atoms with Gasteiger partial charge < -0.3 is 5.73 Å². The van der Waals surface area contributed by atoms with Crippen LogP contribution in [0.3, 0.4) is 0 Å². The number of thiazole rings is 1. The zero-order chi connectivity index (χ0) is 9.10. The van der Waals surface area contributed by atoms with Crippen LogP contribution in [0.25, 0.3) is 10.7 Å². The molecule has 0 aliphatic heterocycles. The zero-order valence-corrected chi connectivity index (χ0v) is 7.84. The number of nitrogens with one attached hydrogen (secondary N) is 1. The number of nitrogens with zero attached hydrogens (tertiary/aromatic N) is 2. The maximum Gasteiger partial charge on any atom is 0.143 e. The van der Waals surface area contributed by atoms with Crippen molar-refractivity contribution >= 4 is 11.3 Å². The van der Waals surface area contributed by atoms with Crippen molar-refractivity contribution < 1.29 is 0 Å². The van der Waals surface area contributed by atoms with E-state index in [0.717, 1.165) is 22.8 Å². The van der Waals surface area contributed by atoms with Gasteiger partial charge in [-0.05, 0) is 12.6 Å². The summed E-state index contributed by atoms with van der Waals surface area (Å²) in [6.45, 7) is 0.638. The van der Waals surface area contributed by atoms with Crippen LogP contribution >= 0.6 is 11.3 Å². The Labute approximate surface area is 79.8 Å². The van der Waals surface area contributed by atoms with Gasteiger partial charge in [-0.2, -0.15) is 5.10 Å². The van der Waals surface area contributed by atoms with Crippen molar-refractivity contribution in [2.75, 3.05) is 6.54 Å². The Hall–Kier alpha value is -1.20. The first kappa shape index (κ1) is 8.40. The number of hydrogen-bond acceptors (Lipinski definition) is 4. The molecule has 0 radical (unpaired) electrons. The van der Waals surface area contributed by atoms with Crippen LogP contribution in [0.5, 0.6) is 0 Å². The van der Waals surface area contributed by atoms with Gasteiger partial charge in [0.05, 0.1) is 0 Å². The van der Waals surface area contributed by atoms with E-state index in [1.807, 2.05) is 11.4 Å². The van der Waals surface area contributed by atoms with Crippen molar-refractivity contribution in [1.82, 2.24) is 15.2 Å². The Morgan fingerprint density at radius 2 is 2.46 bits per heavy atom. The van der Waals surface area contributed by atoms with E-state index in [0.29, 0.717) is 6.54 Å². The summed E-state index contributed by atoms with van der Waals surface area (Å²) in [5.41, 5.74) is 7.39. The summed E-state index contributed by atoms with van der Waals surface area (Å²) in [6.07, 6.45) is 2.61. The van der Waals surface area contributed by atoms with Gasteiger partial charge in [-0.1, -0.05) is 0 Å². The van der Waals surface area contributed by atoms with Gasteiger partial charge in [0.1, 0.15) is 10.7 Å². The highest BCUT2D eigenvalue weighted by molar-refractivity contribution is 7.13. The Balaban J connectivity index is 2.23. The Morgan fingerprint density at radius 3 is 3.15 bits per heavy atom. The normalized spacial score (nSPS) is 10.5. The van der Waals surface area contributed by atoms with Crippen LogP contribution < -0.4 is 5.73 Å². The van der Waals surface area contributed by atoms with Crippen molar-refractivity contribution in [2.45, 2.75) is 6.42 Å². The molecule has 0 spiro atoms. The molecule has 0 fully saturated rings. The fourth-order valence-corrected chi connectivity index (χ4v) is 1.70. The predicted molar refractivity (Wildman–Crippen MR) is 52.5 cm³/mol. The highest BCUT2D eigenvalue weighted by Gasteiger charge is 2.04. The highest BCUT2D eigenvalue weighted by Crippen LogP contribution is 2.19. The molecule has 0 aliphatic carbocycles. The lowest BCUT2D eigenvalue weighted by Gasteiger charge is -1.87. The lowest BCUT2D eigenvalue weighted by atomic mass is 10.3. The monoisotopic (exact) mass is 194 g/mol. The van der Waals surface area contributed by atoms with E-state index in [1.54, 1.807) is 17.5 Å². The number of H-pyrrole nitrogens is 1. The predicted octanol–water partition coefficient (Wildman–Crippen LogP) is 1.03. The average Bonchev–Trinajstić information content (AvgIpc) is 2.70. The molecule has 0 saturated heterocycles. The summed E-state index contributed by atoms with van der Waals surface area (Å²) in [6, 6.07) is 1.99. The lowest BCUT2D eigenvalue weighted by Crippen LogP contribution is -2.02. The molecule has 0 unspecified atom stereocenters. The molecule has 2 aromatic heterocycles. The smallest absolute Gasteiger partial charge is 0.143 e. The molecule has 4 nitrogen and oxygen atoms in total. The second-order valence-corrected chi connectivity index (χ2v) is 3.55. The lowest BCUT2D eigenvalue weighted by molar-refractivity contribution is 0.902. The van der Waals surface area contributed by atoms with Crippen LogP contribution in [0.2, 0.25) is 0 Å². The summed E-state index contributed by atoms with van der Waals surface area (Å²) in [7, 11) is 0.